The van der Waals surface area contributed by atoms with E-state index >= 15 is 0 Å². The van der Waals surface area contributed by atoms with E-state index in [9.17, 15) is 8.42 Å². The van der Waals surface area contributed by atoms with Crippen molar-refractivity contribution in [3.05, 3.63) is 59.7 Å². The summed E-state index contributed by atoms with van der Waals surface area (Å²) in [5.74, 6) is 0.807. The molecule has 2 rings (SSSR count). The van der Waals surface area contributed by atoms with Gasteiger partial charge >= 0.3 is 0 Å². The van der Waals surface area contributed by atoms with E-state index in [1.54, 1.807) is 24.3 Å². The molecule has 142 valence electrons. The molecule has 0 radical (unpaired) electrons. The number of rotatable bonds is 6. The predicted molar refractivity (Wildman–Crippen MR) is 107 cm³/mol. The van der Waals surface area contributed by atoms with Gasteiger partial charge in [-0.15, -0.1) is 0 Å². The predicted octanol–water partition coefficient (Wildman–Crippen LogP) is 5.28. The Hall–Kier alpha value is -1.63. The third-order valence-electron chi connectivity index (χ3n) is 4.79. The fraction of sp³-hybridized carbons (Fsp3) is 0.400. The van der Waals surface area contributed by atoms with Gasteiger partial charge in [0.25, 0.3) is 10.1 Å². The summed E-state index contributed by atoms with van der Waals surface area (Å²) in [4.78, 5) is 0.168. The van der Waals surface area contributed by atoms with Gasteiger partial charge in [0.2, 0.25) is 8.32 Å². The molecule has 0 fully saturated rings. The molecule has 0 saturated heterocycles. The monoisotopic (exact) mass is 392 g/mol. The molecule has 0 aliphatic heterocycles. The second-order valence-corrected chi connectivity index (χ2v) is 14.4. The van der Waals surface area contributed by atoms with Crippen LogP contribution < -0.4 is 4.43 Å². The second-order valence-electron chi connectivity index (χ2n) is 8.04. The second kappa shape index (κ2) is 7.54. The van der Waals surface area contributed by atoms with Crippen LogP contribution in [0.15, 0.2) is 53.4 Å². The molecule has 2 aromatic rings. The van der Waals surface area contributed by atoms with Gasteiger partial charge in [0.15, 0.2) is 0 Å². The zero-order valence-electron chi connectivity index (χ0n) is 16.4. The van der Waals surface area contributed by atoms with Gasteiger partial charge in [-0.2, -0.15) is 8.42 Å². The summed E-state index contributed by atoms with van der Waals surface area (Å²) in [5, 5.41) is 0.122. The van der Waals surface area contributed by atoms with Crippen molar-refractivity contribution in [1.29, 1.82) is 0 Å². The highest BCUT2D eigenvalue weighted by atomic mass is 32.2. The maximum Gasteiger partial charge on any atom is 0.297 e. The van der Waals surface area contributed by atoms with E-state index in [1.807, 2.05) is 31.2 Å². The molecule has 0 spiro atoms. The van der Waals surface area contributed by atoms with E-state index < -0.39 is 18.4 Å². The van der Waals surface area contributed by atoms with Gasteiger partial charge in [0.05, 0.1) is 11.5 Å². The molecule has 0 bridgehead atoms. The molecule has 0 saturated carbocycles. The average molecular weight is 393 g/mol. The van der Waals surface area contributed by atoms with Crippen LogP contribution in [0.4, 0.5) is 0 Å². The van der Waals surface area contributed by atoms with Crippen molar-refractivity contribution >= 4 is 18.4 Å². The van der Waals surface area contributed by atoms with Crippen LogP contribution in [0.2, 0.25) is 18.1 Å². The Morgan fingerprint density at radius 3 is 1.96 bits per heavy atom. The van der Waals surface area contributed by atoms with Crippen molar-refractivity contribution in [2.45, 2.75) is 57.3 Å². The molecular weight excluding hydrogens is 364 g/mol. The standard InChI is InChI=1S/C20H28O4SSi/c1-16-7-13-19(14-8-16)25(21,22)23-15-17-9-11-18(12-10-17)24-26(5,6)20(2,3)4/h7-14H,15H2,1-6H3. The fourth-order valence-corrected chi connectivity index (χ4v) is 3.95. The smallest absolute Gasteiger partial charge is 0.297 e. The Kier molecular flexibility index (Phi) is 6.00. The van der Waals surface area contributed by atoms with Crippen molar-refractivity contribution in [2.75, 3.05) is 0 Å². The number of hydrogen-bond donors (Lipinski definition) is 0. The van der Waals surface area contributed by atoms with E-state index in [0.717, 1.165) is 16.9 Å². The Bertz CT molecular complexity index is 833. The minimum absolute atomic E-state index is 0.00339. The zero-order chi connectivity index (χ0) is 19.6. The third kappa shape index (κ3) is 5.19. The molecule has 0 aliphatic rings. The summed E-state index contributed by atoms with van der Waals surface area (Å²) in [7, 11) is -5.65. The fourth-order valence-electron chi connectivity index (χ4n) is 2.02. The van der Waals surface area contributed by atoms with Gasteiger partial charge in [-0.25, -0.2) is 0 Å². The van der Waals surface area contributed by atoms with Gasteiger partial charge in [0, 0.05) is 0 Å². The largest absolute Gasteiger partial charge is 0.544 e. The van der Waals surface area contributed by atoms with Gasteiger partial charge in [0.1, 0.15) is 5.75 Å². The van der Waals surface area contributed by atoms with Crippen LogP contribution in [0.25, 0.3) is 0 Å². The van der Waals surface area contributed by atoms with Gasteiger partial charge in [-0.1, -0.05) is 50.6 Å². The lowest BCUT2D eigenvalue weighted by molar-refractivity contribution is 0.308. The topological polar surface area (TPSA) is 52.6 Å². The summed E-state index contributed by atoms with van der Waals surface area (Å²) in [5.41, 5.74) is 1.78. The Balaban J connectivity index is 2.02. The average Bonchev–Trinajstić information content (AvgIpc) is 2.53. The van der Waals surface area contributed by atoms with Crippen molar-refractivity contribution in [3.8, 4) is 5.75 Å². The molecule has 26 heavy (non-hydrogen) atoms. The maximum absolute atomic E-state index is 12.2. The molecule has 2 aromatic carbocycles. The van der Waals surface area contributed by atoms with Crippen LogP contribution >= 0.6 is 0 Å². The first kappa shape index (κ1) is 20.7. The Morgan fingerprint density at radius 1 is 0.923 bits per heavy atom. The van der Waals surface area contributed by atoms with Crippen molar-refractivity contribution in [3.63, 3.8) is 0 Å². The van der Waals surface area contributed by atoms with Crippen molar-refractivity contribution in [2.24, 2.45) is 0 Å². The molecule has 0 aromatic heterocycles. The SMILES string of the molecule is Cc1ccc(S(=O)(=O)OCc2ccc(O[Si](C)(C)C(C)(C)C)cc2)cc1. The van der Waals surface area contributed by atoms with Crippen LogP contribution in [0.5, 0.6) is 5.75 Å². The summed E-state index contributed by atoms with van der Waals surface area (Å²) in [6.45, 7) is 12.9. The third-order valence-corrected chi connectivity index (χ3v) is 10.4. The molecule has 0 unspecified atom stereocenters. The summed E-state index contributed by atoms with van der Waals surface area (Å²) < 4.78 is 35.9. The molecule has 0 atom stereocenters. The molecular formula is C20H28O4SSi. The number of benzene rings is 2. The van der Waals surface area contributed by atoms with Crippen LogP contribution in [0.1, 0.15) is 31.9 Å². The lowest BCUT2D eigenvalue weighted by atomic mass is 10.2. The highest BCUT2D eigenvalue weighted by molar-refractivity contribution is 7.86. The minimum atomic E-state index is -3.76. The number of hydrogen-bond acceptors (Lipinski definition) is 4. The molecule has 0 heterocycles. The first-order valence-electron chi connectivity index (χ1n) is 8.65. The van der Waals surface area contributed by atoms with Gasteiger partial charge < -0.3 is 4.43 Å². The van der Waals surface area contributed by atoms with Crippen molar-refractivity contribution < 1.29 is 17.0 Å². The first-order valence-corrected chi connectivity index (χ1v) is 13.0. The van der Waals surface area contributed by atoms with Crippen LogP contribution in [0, 0.1) is 6.92 Å². The lowest BCUT2D eigenvalue weighted by Crippen LogP contribution is -2.43. The summed E-state index contributed by atoms with van der Waals surface area (Å²) in [6.07, 6.45) is 0. The Labute approximate surface area is 158 Å². The van der Waals surface area contributed by atoms with Crippen molar-refractivity contribution in [1.82, 2.24) is 0 Å². The maximum atomic E-state index is 12.2. The van der Waals surface area contributed by atoms with E-state index in [0.29, 0.717) is 0 Å². The van der Waals surface area contributed by atoms with Gasteiger partial charge in [-0.05, 0) is 54.9 Å². The lowest BCUT2D eigenvalue weighted by Gasteiger charge is -2.36. The van der Waals surface area contributed by atoms with Gasteiger partial charge in [-0.3, -0.25) is 4.18 Å². The molecule has 0 N–H and O–H groups in total. The number of aryl methyl sites for hydroxylation is 1. The molecule has 0 amide bonds. The van der Waals surface area contributed by atoms with Crippen LogP contribution in [-0.2, 0) is 20.9 Å². The van der Waals surface area contributed by atoms with Crippen LogP contribution in [-0.4, -0.2) is 16.7 Å². The minimum Gasteiger partial charge on any atom is -0.544 e. The van der Waals surface area contributed by atoms with E-state index in [4.69, 9.17) is 8.61 Å². The van der Waals surface area contributed by atoms with E-state index in [1.165, 1.54) is 0 Å². The Morgan fingerprint density at radius 2 is 1.46 bits per heavy atom. The highest BCUT2D eigenvalue weighted by Gasteiger charge is 2.38. The first-order chi connectivity index (χ1) is 11.9. The molecule has 6 heteroatoms. The van der Waals surface area contributed by atoms with E-state index in [-0.39, 0.29) is 16.5 Å². The molecule has 0 aliphatic carbocycles. The van der Waals surface area contributed by atoms with Crippen LogP contribution in [0.3, 0.4) is 0 Å². The zero-order valence-corrected chi connectivity index (χ0v) is 18.2. The summed E-state index contributed by atoms with van der Waals surface area (Å²) in [6, 6.07) is 14.0. The summed E-state index contributed by atoms with van der Waals surface area (Å²) >= 11 is 0. The highest BCUT2D eigenvalue weighted by Crippen LogP contribution is 2.37. The quantitative estimate of drug-likeness (QED) is 0.495. The molecule has 4 nitrogen and oxygen atoms in total. The van der Waals surface area contributed by atoms with E-state index in [2.05, 4.69) is 33.9 Å². The normalized spacial score (nSPS) is 12.8.